The Morgan fingerprint density at radius 2 is 1.57 bits per heavy atom. The molecule has 0 atom stereocenters. The number of ether oxygens (including phenoxy) is 1. The van der Waals surface area contributed by atoms with Crippen LogP contribution >= 0.6 is 11.6 Å². The standard InChI is InChI=1S/C29H24ClN5O2/c30-23-10-14-25(15-11-23)35-28(21-37-26-6-2-1-3-7-26)33-27(29(35)36)20-22-8-12-24(13-9-22)34(18-4-16-31)19-5-17-32/h1-3,6-15,20H,4-5,18-19,21H2. The number of aliphatic imine (C=N–C) groups is 1. The number of para-hydroxylation sites is 1. The molecule has 0 N–H and O–H groups in total. The quantitative estimate of drug-likeness (QED) is 0.320. The third-order valence-corrected chi connectivity index (χ3v) is 5.93. The number of hydrogen-bond acceptors (Lipinski definition) is 6. The molecule has 3 aromatic rings. The number of benzene rings is 3. The van der Waals surface area contributed by atoms with Crippen LogP contribution in [0.3, 0.4) is 0 Å². The molecular formula is C29H24ClN5O2. The molecule has 1 aliphatic rings. The molecule has 0 unspecified atom stereocenters. The summed E-state index contributed by atoms with van der Waals surface area (Å²) >= 11 is 6.05. The van der Waals surface area contributed by atoms with Crippen molar-refractivity contribution in [2.45, 2.75) is 12.8 Å². The largest absolute Gasteiger partial charge is 0.486 e. The first kappa shape index (κ1) is 25.5. The number of halogens is 1. The molecule has 1 heterocycles. The molecular weight excluding hydrogens is 486 g/mol. The Labute approximate surface area is 221 Å². The van der Waals surface area contributed by atoms with E-state index in [4.69, 9.17) is 26.9 Å². The van der Waals surface area contributed by atoms with Gasteiger partial charge in [-0.05, 0) is 60.2 Å². The van der Waals surface area contributed by atoms with E-state index in [1.54, 1.807) is 30.3 Å². The van der Waals surface area contributed by atoms with Gasteiger partial charge in [-0.1, -0.05) is 41.9 Å². The summed E-state index contributed by atoms with van der Waals surface area (Å²) in [7, 11) is 0. The lowest BCUT2D eigenvalue weighted by Gasteiger charge is -2.22. The highest BCUT2D eigenvalue weighted by Crippen LogP contribution is 2.27. The summed E-state index contributed by atoms with van der Waals surface area (Å²) in [5.41, 5.74) is 2.65. The average Bonchev–Trinajstić information content (AvgIpc) is 3.23. The van der Waals surface area contributed by atoms with E-state index in [2.05, 4.69) is 17.1 Å². The molecule has 1 amide bonds. The molecule has 7 nitrogen and oxygen atoms in total. The summed E-state index contributed by atoms with van der Waals surface area (Å²) in [6, 6.07) is 28.3. The minimum atomic E-state index is -0.261. The van der Waals surface area contributed by atoms with Crippen molar-refractivity contribution in [1.29, 1.82) is 10.5 Å². The van der Waals surface area contributed by atoms with E-state index >= 15 is 0 Å². The molecule has 184 valence electrons. The van der Waals surface area contributed by atoms with Gasteiger partial charge in [-0.15, -0.1) is 0 Å². The van der Waals surface area contributed by atoms with E-state index in [-0.39, 0.29) is 12.5 Å². The number of amidine groups is 1. The Bertz CT molecular complexity index is 1350. The highest BCUT2D eigenvalue weighted by atomic mass is 35.5. The second-order valence-corrected chi connectivity index (χ2v) is 8.61. The second kappa shape index (κ2) is 12.4. The van der Waals surface area contributed by atoms with Crippen LogP contribution in [0.4, 0.5) is 11.4 Å². The molecule has 0 aliphatic carbocycles. The van der Waals surface area contributed by atoms with Gasteiger partial charge >= 0.3 is 0 Å². The van der Waals surface area contributed by atoms with Crippen LogP contribution in [-0.2, 0) is 4.79 Å². The Kier molecular flexibility index (Phi) is 8.54. The Hall–Kier alpha value is -4.59. The van der Waals surface area contributed by atoms with Crippen LogP contribution in [0.25, 0.3) is 6.08 Å². The van der Waals surface area contributed by atoms with Crippen molar-refractivity contribution in [3.8, 4) is 17.9 Å². The molecule has 3 aromatic carbocycles. The van der Waals surface area contributed by atoms with Gasteiger partial charge in [-0.25, -0.2) is 4.99 Å². The molecule has 37 heavy (non-hydrogen) atoms. The minimum absolute atomic E-state index is 0.113. The normalized spacial score (nSPS) is 13.7. The number of nitrogens with zero attached hydrogens (tertiary/aromatic N) is 5. The van der Waals surface area contributed by atoms with Gasteiger partial charge < -0.3 is 9.64 Å². The third kappa shape index (κ3) is 6.55. The van der Waals surface area contributed by atoms with E-state index in [9.17, 15) is 4.79 Å². The minimum Gasteiger partial charge on any atom is -0.486 e. The maximum Gasteiger partial charge on any atom is 0.282 e. The molecule has 0 aromatic heterocycles. The predicted octanol–water partition coefficient (Wildman–Crippen LogP) is 5.84. The summed E-state index contributed by atoms with van der Waals surface area (Å²) in [6.07, 6.45) is 2.48. The molecule has 0 bridgehead atoms. The second-order valence-electron chi connectivity index (χ2n) is 8.17. The lowest BCUT2D eigenvalue weighted by Crippen LogP contribution is -2.35. The third-order valence-electron chi connectivity index (χ3n) is 5.67. The van der Waals surface area contributed by atoms with Gasteiger partial charge in [0.05, 0.1) is 30.7 Å². The van der Waals surface area contributed by atoms with Crippen LogP contribution < -0.4 is 14.5 Å². The number of nitriles is 2. The van der Waals surface area contributed by atoms with Gasteiger partial charge in [-0.3, -0.25) is 9.69 Å². The molecule has 0 radical (unpaired) electrons. The zero-order chi connectivity index (χ0) is 26.0. The zero-order valence-corrected chi connectivity index (χ0v) is 20.8. The summed E-state index contributed by atoms with van der Waals surface area (Å²) in [6.45, 7) is 1.20. The summed E-state index contributed by atoms with van der Waals surface area (Å²) in [5, 5.41) is 18.5. The lowest BCUT2D eigenvalue weighted by molar-refractivity contribution is -0.113. The van der Waals surface area contributed by atoms with Crippen LogP contribution in [0.5, 0.6) is 5.75 Å². The van der Waals surface area contributed by atoms with Crippen LogP contribution in [0.2, 0.25) is 5.02 Å². The molecule has 0 saturated carbocycles. The van der Waals surface area contributed by atoms with Crippen molar-refractivity contribution in [1.82, 2.24) is 0 Å². The first-order valence-electron chi connectivity index (χ1n) is 11.7. The van der Waals surface area contributed by atoms with E-state index in [1.165, 1.54) is 4.90 Å². The number of rotatable bonds is 10. The number of amides is 1. The first-order valence-corrected chi connectivity index (χ1v) is 12.1. The summed E-state index contributed by atoms with van der Waals surface area (Å²) in [4.78, 5) is 21.6. The van der Waals surface area contributed by atoms with E-state index in [0.29, 0.717) is 53.9 Å². The van der Waals surface area contributed by atoms with Crippen molar-refractivity contribution < 1.29 is 9.53 Å². The number of carbonyl (C=O) groups excluding carboxylic acids is 1. The van der Waals surface area contributed by atoms with Crippen LogP contribution in [0.15, 0.2) is 89.6 Å². The van der Waals surface area contributed by atoms with Gasteiger partial charge in [0.1, 0.15) is 18.1 Å². The fourth-order valence-corrected chi connectivity index (χ4v) is 3.99. The summed E-state index contributed by atoms with van der Waals surface area (Å²) in [5.74, 6) is 0.889. The average molecular weight is 510 g/mol. The van der Waals surface area contributed by atoms with Crippen LogP contribution in [0, 0.1) is 22.7 Å². The van der Waals surface area contributed by atoms with Crippen molar-refractivity contribution >= 4 is 40.8 Å². The fraction of sp³-hybridized carbons (Fsp3) is 0.172. The molecule has 4 rings (SSSR count). The van der Waals surface area contributed by atoms with Gasteiger partial charge in [0.15, 0.2) is 5.84 Å². The van der Waals surface area contributed by atoms with Crippen LogP contribution in [0.1, 0.15) is 18.4 Å². The summed E-state index contributed by atoms with van der Waals surface area (Å²) < 4.78 is 5.89. The van der Waals surface area contributed by atoms with E-state index < -0.39 is 0 Å². The maximum absolute atomic E-state index is 13.4. The number of anilines is 2. The highest BCUT2D eigenvalue weighted by molar-refractivity contribution is 6.31. The topological polar surface area (TPSA) is 92.7 Å². The first-order chi connectivity index (χ1) is 18.1. The fourth-order valence-electron chi connectivity index (χ4n) is 3.86. The molecule has 0 spiro atoms. The van der Waals surface area contributed by atoms with Crippen molar-refractivity contribution in [3.05, 3.63) is 95.1 Å². The van der Waals surface area contributed by atoms with Crippen molar-refractivity contribution in [2.75, 3.05) is 29.5 Å². The number of hydrogen-bond donors (Lipinski definition) is 0. The molecule has 1 aliphatic heterocycles. The SMILES string of the molecule is N#CCCN(CCC#N)c1ccc(C=C2N=C(COc3ccccc3)N(c3ccc(Cl)cc3)C2=O)cc1. The monoisotopic (exact) mass is 509 g/mol. The van der Waals surface area contributed by atoms with Gasteiger partial charge in [0.2, 0.25) is 0 Å². The molecule has 0 saturated heterocycles. The van der Waals surface area contributed by atoms with E-state index in [0.717, 1.165) is 11.3 Å². The van der Waals surface area contributed by atoms with E-state index in [1.807, 2.05) is 59.5 Å². The predicted molar refractivity (Wildman–Crippen MR) is 145 cm³/mol. The van der Waals surface area contributed by atoms with Gasteiger partial charge in [-0.2, -0.15) is 10.5 Å². The molecule has 8 heteroatoms. The highest BCUT2D eigenvalue weighted by Gasteiger charge is 2.32. The number of carbonyl (C=O) groups is 1. The van der Waals surface area contributed by atoms with Gasteiger partial charge in [0, 0.05) is 23.8 Å². The maximum atomic E-state index is 13.4. The van der Waals surface area contributed by atoms with Crippen LogP contribution in [-0.4, -0.2) is 31.4 Å². The van der Waals surface area contributed by atoms with Crippen molar-refractivity contribution in [3.63, 3.8) is 0 Å². The smallest absolute Gasteiger partial charge is 0.282 e. The van der Waals surface area contributed by atoms with Gasteiger partial charge in [0.25, 0.3) is 5.91 Å². The lowest BCUT2D eigenvalue weighted by atomic mass is 10.1. The zero-order valence-electron chi connectivity index (χ0n) is 20.0. The molecule has 0 fully saturated rings. The Morgan fingerprint density at radius 3 is 2.19 bits per heavy atom. The Balaban J connectivity index is 1.58. The van der Waals surface area contributed by atoms with Crippen molar-refractivity contribution in [2.24, 2.45) is 4.99 Å². The Morgan fingerprint density at radius 1 is 0.919 bits per heavy atom.